The van der Waals surface area contributed by atoms with Crippen molar-refractivity contribution in [2.75, 3.05) is 7.11 Å². The van der Waals surface area contributed by atoms with Crippen LogP contribution in [0.5, 0.6) is 0 Å². The quantitative estimate of drug-likeness (QED) is 0.930. The first-order valence-corrected chi connectivity index (χ1v) is 8.71. The number of nitrogens with one attached hydrogen (secondary N) is 1. The summed E-state index contributed by atoms with van der Waals surface area (Å²) >= 11 is 1.68. The molecule has 116 valence electrons. The van der Waals surface area contributed by atoms with Gasteiger partial charge in [-0.1, -0.05) is 13.8 Å². The molecule has 2 fully saturated rings. The Kier molecular flexibility index (Phi) is 4.33. The number of ether oxygens (including phenoxy) is 1. The highest BCUT2D eigenvalue weighted by atomic mass is 32.1. The predicted molar refractivity (Wildman–Crippen MR) is 84.1 cm³/mol. The molecule has 2 aliphatic rings. The summed E-state index contributed by atoms with van der Waals surface area (Å²) in [4.78, 5) is 15.0. The van der Waals surface area contributed by atoms with Crippen molar-refractivity contribution in [3.05, 3.63) is 22.4 Å². The lowest BCUT2D eigenvalue weighted by Gasteiger charge is -2.33. The van der Waals surface area contributed by atoms with E-state index in [0.717, 1.165) is 19.3 Å². The third-order valence-electron chi connectivity index (χ3n) is 4.74. The first-order valence-electron chi connectivity index (χ1n) is 7.76. The van der Waals surface area contributed by atoms with Crippen LogP contribution in [-0.2, 0) is 9.53 Å². The van der Waals surface area contributed by atoms with Gasteiger partial charge in [-0.15, -0.1) is 0 Å². The van der Waals surface area contributed by atoms with Crippen LogP contribution in [0, 0.1) is 5.92 Å². The average molecular weight is 308 g/mol. The van der Waals surface area contributed by atoms with E-state index in [9.17, 15) is 4.79 Å². The van der Waals surface area contributed by atoms with E-state index in [1.54, 1.807) is 18.4 Å². The molecule has 4 unspecified atom stereocenters. The smallest absolute Gasteiger partial charge is 0.241 e. The van der Waals surface area contributed by atoms with Gasteiger partial charge in [-0.2, -0.15) is 11.3 Å². The fourth-order valence-electron chi connectivity index (χ4n) is 3.63. The normalized spacial score (nSPS) is 33.3. The molecule has 1 aliphatic carbocycles. The zero-order valence-electron chi connectivity index (χ0n) is 12.9. The van der Waals surface area contributed by atoms with E-state index in [1.807, 2.05) is 0 Å². The van der Waals surface area contributed by atoms with Crippen molar-refractivity contribution in [1.29, 1.82) is 0 Å². The minimum Gasteiger partial charge on any atom is -0.379 e. The van der Waals surface area contributed by atoms with Gasteiger partial charge in [0, 0.05) is 7.11 Å². The number of amides is 1. The molecule has 2 heterocycles. The Hall–Kier alpha value is -0.910. The zero-order valence-corrected chi connectivity index (χ0v) is 13.7. The molecule has 5 heteroatoms. The average Bonchev–Trinajstić information content (AvgIpc) is 3.16. The molecule has 3 rings (SSSR count). The molecule has 1 aromatic rings. The standard InChI is InChI=1S/C16H24N2O2S/c1-10(2)14-16(19)18(12-5-4-6-13(12)20-3)15(17-14)11-7-8-21-9-11/h7-10,12-15,17H,4-6H2,1-3H3. The molecule has 0 aromatic carbocycles. The highest BCUT2D eigenvalue weighted by Gasteiger charge is 2.47. The van der Waals surface area contributed by atoms with Crippen molar-refractivity contribution < 1.29 is 9.53 Å². The Morgan fingerprint density at radius 2 is 2.24 bits per heavy atom. The summed E-state index contributed by atoms with van der Waals surface area (Å²) in [7, 11) is 1.76. The maximum atomic E-state index is 12.9. The Bertz CT molecular complexity index is 488. The van der Waals surface area contributed by atoms with E-state index in [4.69, 9.17) is 4.74 Å². The third-order valence-corrected chi connectivity index (χ3v) is 5.44. The van der Waals surface area contributed by atoms with Crippen molar-refractivity contribution in [3.63, 3.8) is 0 Å². The van der Waals surface area contributed by atoms with E-state index in [0.29, 0.717) is 5.92 Å². The lowest BCUT2D eigenvalue weighted by Crippen LogP contribution is -2.45. The molecule has 1 N–H and O–H groups in total. The lowest BCUT2D eigenvalue weighted by molar-refractivity contribution is -0.135. The number of hydrogen-bond donors (Lipinski definition) is 1. The molecule has 1 aliphatic heterocycles. The van der Waals surface area contributed by atoms with Crippen molar-refractivity contribution in [1.82, 2.24) is 10.2 Å². The van der Waals surface area contributed by atoms with Crippen LogP contribution in [0.2, 0.25) is 0 Å². The van der Waals surface area contributed by atoms with Crippen LogP contribution in [0.1, 0.15) is 44.8 Å². The summed E-state index contributed by atoms with van der Waals surface area (Å²) < 4.78 is 5.63. The van der Waals surface area contributed by atoms with Gasteiger partial charge in [0.25, 0.3) is 0 Å². The largest absolute Gasteiger partial charge is 0.379 e. The molecule has 1 saturated heterocycles. The molecule has 1 aromatic heterocycles. The number of carbonyl (C=O) groups is 1. The summed E-state index contributed by atoms with van der Waals surface area (Å²) in [5.74, 6) is 0.529. The Balaban J connectivity index is 1.91. The Labute approximate surface area is 130 Å². The van der Waals surface area contributed by atoms with Gasteiger partial charge >= 0.3 is 0 Å². The molecule has 0 radical (unpaired) electrons. The van der Waals surface area contributed by atoms with Crippen LogP contribution in [0.25, 0.3) is 0 Å². The highest BCUT2D eigenvalue weighted by molar-refractivity contribution is 7.07. The van der Waals surface area contributed by atoms with Gasteiger partial charge in [-0.25, -0.2) is 0 Å². The molecule has 4 atom stereocenters. The van der Waals surface area contributed by atoms with Crippen LogP contribution >= 0.6 is 11.3 Å². The SMILES string of the molecule is COC1CCCC1N1C(=O)C(C(C)C)NC1c1ccsc1. The van der Waals surface area contributed by atoms with Gasteiger partial charge < -0.3 is 9.64 Å². The van der Waals surface area contributed by atoms with Gasteiger partial charge in [0.05, 0.1) is 18.2 Å². The first-order chi connectivity index (χ1) is 10.1. The molecular formula is C16H24N2O2S. The van der Waals surface area contributed by atoms with E-state index in [1.165, 1.54) is 5.56 Å². The number of rotatable bonds is 4. The fourth-order valence-corrected chi connectivity index (χ4v) is 4.31. The summed E-state index contributed by atoms with van der Waals surface area (Å²) in [6.07, 6.45) is 3.39. The lowest BCUT2D eigenvalue weighted by atomic mass is 10.0. The van der Waals surface area contributed by atoms with E-state index >= 15 is 0 Å². The van der Waals surface area contributed by atoms with Gasteiger partial charge in [0.2, 0.25) is 5.91 Å². The number of methoxy groups -OCH3 is 1. The molecule has 1 amide bonds. The zero-order chi connectivity index (χ0) is 15.0. The third kappa shape index (κ3) is 2.62. The molecule has 0 bridgehead atoms. The van der Waals surface area contributed by atoms with Crippen molar-refractivity contribution in [2.45, 2.75) is 57.5 Å². The Morgan fingerprint density at radius 1 is 1.43 bits per heavy atom. The van der Waals surface area contributed by atoms with Crippen LogP contribution in [-0.4, -0.2) is 36.1 Å². The molecule has 0 spiro atoms. The second-order valence-corrected chi connectivity index (χ2v) is 7.15. The van der Waals surface area contributed by atoms with Gasteiger partial charge in [-0.3, -0.25) is 10.1 Å². The summed E-state index contributed by atoms with van der Waals surface area (Å²) in [5.41, 5.74) is 1.19. The number of nitrogens with zero attached hydrogens (tertiary/aromatic N) is 1. The second kappa shape index (κ2) is 6.07. The number of carbonyl (C=O) groups excluding carboxylic acids is 1. The molecule has 4 nitrogen and oxygen atoms in total. The van der Waals surface area contributed by atoms with Gasteiger partial charge in [-0.05, 0) is 47.6 Å². The maximum Gasteiger partial charge on any atom is 0.241 e. The van der Waals surface area contributed by atoms with Crippen molar-refractivity contribution in [3.8, 4) is 0 Å². The minimum atomic E-state index is -0.0898. The second-order valence-electron chi connectivity index (χ2n) is 6.37. The van der Waals surface area contributed by atoms with Crippen molar-refractivity contribution in [2.24, 2.45) is 5.92 Å². The van der Waals surface area contributed by atoms with Gasteiger partial charge in [0.1, 0.15) is 6.17 Å². The van der Waals surface area contributed by atoms with Crippen LogP contribution < -0.4 is 5.32 Å². The number of thiophene rings is 1. The molecular weight excluding hydrogens is 284 g/mol. The summed E-state index contributed by atoms with van der Waals surface area (Å²) in [5, 5.41) is 7.75. The summed E-state index contributed by atoms with van der Waals surface area (Å²) in [6.45, 7) is 4.21. The van der Waals surface area contributed by atoms with Crippen LogP contribution in [0.4, 0.5) is 0 Å². The van der Waals surface area contributed by atoms with E-state index < -0.39 is 0 Å². The molecule has 1 saturated carbocycles. The summed E-state index contributed by atoms with van der Waals surface area (Å²) in [6, 6.07) is 2.22. The molecule has 21 heavy (non-hydrogen) atoms. The van der Waals surface area contributed by atoms with Crippen LogP contribution in [0.15, 0.2) is 16.8 Å². The topological polar surface area (TPSA) is 41.6 Å². The van der Waals surface area contributed by atoms with Crippen LogP contribution in [0.3, 0.4) is 0 Å². The first kappa shape index (κ1) is 15.0. The van der Waals surface area contributed by atoms with E-state index in [-0.39, 0.29) is 30.3 Å². The van der Waals surface area contributed by atoms with E-state index in [2.05, 4.69) is 40.9 Å². The van der Waals surface area contributed by atoms with Gasteiger partial charge in [0.15, 0.2) is 0 Å². The fraction of sp³-hybridized carbons (Fsp3) is 0.688. The monoisotopic (exact) mass is 308 g/mol. The minimum absolute atomic E-state index is 0.00287. The predicted octanol–water partition coefficient (Wildman–Crippen LogP) is 2.77. The van der Waals surface area contributed by atoms with Crippen molar-refractivity contribution >= 4 is 17.2 Å². The maximum absolute atomic E-state index is 12.9. The Morgan fingerprint density at radius 3 is 2.86 bits per heavy atom. The highest BCUT2D eigenvalue weighted by Crippen LogP contribution is 2.37. The number of hydrogen-bond acceptors (Lipinski definition) is 4.